The lowest BCUT2D eigenvalue weighted by Gasteiger charge is -2.14. The van der Waals surface area contributed by atoms with Gasteiger partial charge in [-0.2, -0.15) is 0 Å². The summed E-state index contributed by atoms with van der Waals surface area (Å²) < 4.78 is 5.55. The Morgan fingerprint density at radius 2 is 2.07 bits per heavy atom. The van der Waals surface area contributed by atoms with E-state index in [2.05, 4.69) is 9.97 Å². The summed E-state index contributed by atoms with van der Waals surface area (Å²) in [7, 11) is 1.82. The van der Waals surface area contributed by atoms with Crippen LogP contribution in [0.15, 0.2) is 24.4 Å². The number of aryl methyl sites for hydroxylation is 1. The Kier molecular flexibility index (Phi) is 8.24. The molecule has 0 fully saturated rings. The highest BCUT2D eigenvalue weighted by Gasteiger charge is 2.12. The third-order valence-electron chi connectivity index (χ3n) is 3.82. The zero-order chi connectivity index (χ0) is 19.8. The average Bonchev–Trinajstić information content (AvgIpc) is 2.60. The van der Waals surface area contributed by atoms with Crippen molar-refractivity contribution in [2.24, 2.45) is 5.73 Å². The van der Waals surface area contributed by atoms with Crippen molar-refractivity contribution in [1.29, 1.82) is 0 Å². The van der Waals surface area contributed by atoms with Crippen molar-refractivity contribution in [2.75, 3.05) is 39.1 Å². The third kappa shape index (κ3) is 6.62. The van der Waals surface area contributed by atoms with Crippen molar-refractivity contribution in [2.45, 2.75) is 12.8 Å². The molecule has 0 bridgehead atoms. The van der Waals surface area contributed by atoms with E-state index < -0.39 is 0 Å². The van der Waals surface area contributed by atoms with Crippen molar-refractivity contribution in [1.82, 2.24) is 14.9 Å². The number of likely N-dealkylation sites (N-methyl/N-ethyl adjacent to an activating group) is 1. The molecule has 0 unspecified atom stereocenters. The molecular weight excluding hydrogens is 389 g/mol. The standard InChI is InChI=1S/C18H23Cl2N5O2/c1-25(11-15(21)26)7-9-27-8-3-4-12-10-23-17(18(22)24-12)13-5-2-6-14(19)16(13)20/h2,5-6,10H,3-4,7-9,11H2,1H3,(H2,21,26)(H2,22,24). The lowest BCUT2D eigenvalue weighted by molar-refractivity contribution is -0.119. The van der Waals surface area contributed by atoms with Gasteiger partial charge in [0.25, 0.3) is 0 Å². The van der Waals surface area contributed by atoms with E-state index in [1.165, 1.54) is 0 Å². The number of aromatic nitrogens is 2. The first-order valence-electron chi connectivity index (χ1n) is 8.49. The highest BCUT2D eigenvalue weighted by molar-refractivity contribution is 6.43. The van der Waals surface area contributed by atoms with Gasteiger partial charge in [0.2, 0.25) is 5.91 Å². The van der Waals surface area contributed by atoms with E-state index in [9.17, 15) is 4.79 Å². The molecule has 0 spiro atoms. The number of halogens is 2. The summed E-state index contributed by atoms with van der Waals surface area (Å²) in [6.07, 6.45) is 3.16. The second-order valence-electron chi connectivity index (χ2n) is 6.12. The summed E-state index contributed by atoms with van der Waals surface area (Å²) in [4.78, 5) is 21.4. The van der Waals surface area contributed by atoms with Crippen LogP contribution in [0, 0.1) is 0 Å². The average molecular weight is 412 g/mol. The number of nitrogen functional groups attached to an aromatic ring is 1. The minimum absolute atomic E-state index is 0.223. The van der Waals surface area contributed by atoms with Crippen LogP contribution in [0.5, 0.6) is 0 Å². The largest absolute Gasteiger partial charge is 0.382 e. The maximum absolute atomic E-state index is 10.8. The molecular formula is C18H23Cl2N5O2. The predicted molar refractivity (Wildman–Crippen MR) is 108 cm³/mol. The molecule has 9 heteroatoms. The molecule has 0 radical (unpaired) electrons. The monoisotopic (exact) mass is 411 g/mol. The Morgan fingerprint density at radius 1 is 1.30 bits per heavy atom. The highest BCUT2D eigenvalue weighted by atomic mass is 35.5. The molecule has 0 aliphatic heterocycles. The Morgan fingerprint density at radius 3 is 2.78 bits per heavy atom. The minimum atomic E-state index is -0.351. The molecule has 0 saturated carbocycles. The van der Waals surface area contributed by atoms with Gasteiger partial charge in [-0.1, -0.05) is 35.3 Å². The normalized spacial score (nSPS) is 11.1. The van der Waals surface area contributed by atoms with Crippen LogP contribution in [0.3, 0.4) is 0 Å². The Balaban J connectivity index is 1.81. The van der Waals surface area contributed by atoms with Crippen molar-refractivity contribution >= 4 is 34.9 Å². The molecule has 2 aromatic rings. The summed E-state index contributed by atoms with van der Waals surface area (Å²) in [6, 6.07) is 5.30. The number of anilines is 1. The first-order valence-corrected chi connectivity index (χ1v) is 9.24. The van der Waals surface area contributed by atoms with Gasteiger partial charge in [0.1, 0.15) is 11.5 Å². The van der Waals surface area contributed by atoms with E-state index in [1.54, 1.807) is 24.4 Å². The predicted octanol–water partition coefficient (Wildman–Crippen LogP) is 2.40. The van der Waals surface area contributed by atoms with E-state index in [4.69, 9.17) is 39.4 Å². The molecule has 0 aliphatic rings. The second kappa shape index (κ2) is 10.4. The molecule has 146 valence electrons. The van der Waals surface area contributed by atoms with Gasteiger partial charge >= 0.3 is 0 Å². The van der Waals surface area contributed by atoms with Gasteiger partial charge in [0, 0.05) is 24.9 Å². The molecule has 0 aliphatic carbocycles. The summed E-state index contributed by atoms with van der Waals surface area (Å²) >= 11 is 12.3. The van der Waals surface area contributed by atoms with Crippen LogP contribution < -0.4 is 11.5 Å². The van der Waals surface area contributed by atoms with E-state index in [1.807, 2.05) is 11.9 Å². The SMILES string of the molecule is CN(CCOCCCc1cnc(-c2cccc(Cl)c2Cl)c(N)n1)CC(N)=O. The number of carbonyl (C=O) groups excluding carboxylic acids is 1. The summed E-state index contributed by atoms with van der Waals surface area (Å²) in [5, 5.41) is 0.848. The fraction of sp³-hybridized carbons (Fsp3) is 0.389. The molecule has 1 aromatic heterocycles. The first kappa shape index (κ1) is 21.4. The summed E-state index contributed by atoms with van der Waals surface area (Å²) in [5.41, 5.74) is 13.1. The van der Waals surface area contributed by atoms with Crippen LogP contribution in [-0.4, -0.2) is 54.1 Å². The lowest BCUT2D eigenvalue weighted by atomic mass is 10.1. The molecule has 2 rings (SSSR count). The molecule has 4 N–H and O–H groups in total. The zero-order valence-electron chi connectivity index (χ0n) is 15.1. The van der Waals surface area contributed by atoms with E-state index >= 15 is 0 Å². The number of rotatable bonds is 10. The molecule has 1 aromatic carbocycles. The van der Waals surface area contributed by atoms with E-state index in [-0.39, 0.29) is 12.5 Å². The Hall–Kier alpha value is -1.93. The third-order valence-corrected chi connectivity index (χ3v) is 4.64. The van der Waals surface area contributed by atoms with Crippen LogP contribution in [-0.2, 0) is 16.0 Å². The van der Waals surface area contributed by atoms with Crippen molar-refractivity contribution in [3.8, 4) is 11.3 Å². The minimum Gasteiger partial charge on any atom is -0.382 e. The van der Waals surface area contributed by atoms with Gasteiger partial charge in [0.15, 0.2) is 0 Å². The van der Waals surface area contributed by atoms with Crippen molar-refractivity contribution < 1.29 is 9.53 Å². The van der Waals surface area contributed by atoms with Crippen molar-refractivity contribution in [3.63, 3.8) is 0 Å². The maximum Gasteiger partial charge on any atom is 0.231 e. The van der Waals surface area contributed by atoms with Crippen LogP contribution >= 0.6 is 23.2 Å². The summed E-state index contributed by atoms with van der Waals surface area (Å²) in [6.45, 7) is 1.98. The molecule has 1 heterocycles. The van der Waals surface area contributed by atoms with Gasteiger partial charge < -0.3 is 16.2 Å². The number of hydrogen-bond acceptors (Lipinski definition) is 6. The molecule has 0 atom stereocenters. The van der Waals surface area contributed by atoms with Gasteiger partial charge in [0.05, 0.1) is 28.9 Å². The molecule has 27 heavy (non-hydrogen) atoms. The number of primary amides is 1. The summed E-state index contributed by atoms with van der Waals surface area (Å²) in [5.74, 6) is -0.0400. The second-order valence-corrected chi connectivity index (χ2v) is 6.90. The van der Waals surface area contributed by atoms with Gasteiger partial charge in [-0.25, -0.2) is 4.98 Å². The van der Waals surface area contributed by atoms with Gasteiger partial charge in [-0.05, 0) is 26.0 Å². The Labute approximate surface area is 168 Å². The number of ether oxygens (including phenoxy) is 1. The Bertz CT molecular complexity index is 788. The van der Waals surface area contributed by atoms with Gasteiger partial charge in [-0.3, -0.25) is 14.7 Å². The fourth-order valence-corrected chi connectivity index (χ4v) is 2.87. The smallest absolute Gasteiger partial charge is 0.231 e. The quantitative estimate of drug-likeness (QED) is 0.581. The molecule has 0 saturated heterocycles. The van der Waals surface area contributed by atoms with Crippen LogP contribution in [0.1, 0.15) is 12.1 Å². The number of amides is 1. The highest BCUT2D eigenvalue weighted by Crippen LogP contribution is 2.34. The topological polar surface area (TPSA) is 107 Å². The van der Waals surface area contributed by atoms with Crippen LogP contribution in [0.4, 0.5) is 5.82 Å². The van der Waals surface area contributed by atoms with E-state index in [0.29, 0.717) is 53.3 Å². The van der Waals surface area contributed by atoms with Gasteiger partial charge in [-0.15, -0.1) is 0 Å². The fourth-order valence-electron chi connectivity index (χ4n) is 2.48. The number of benzene rings is 1. The molecule has 1 amide bonds. The van der Waals surface area contributed by atoms with Crippen LogP contribution in [0.25, 0.3) is 11.3 Å². The lowest BCUT2D eigenvalue weighted by Crippen LogP contribution is -2.33. The van der Waals surface area contributed by atoms with Crippen LogP contribution in [0.2, 0.25) is 10.0 Å². The molecule has 7 nitrogen and oxygen atoms in total. The number of carbonyl (C=O) groups is 1. The number of nitrogens with zero attached hydrogens (tertiary/aromatic N) is 3. The van der Waals surface area contributed by atoms with Crippen molar-refractivity contribution in [3.05, 3.63) is 40.1 Å². The number of hydrogen-bond donors (Lipinski definition) is 2. The van der Waals surface area contributed by atoms with E-state index in [0.717, 1.165) is 12.1 Å². The number of nitrogens with two attached hydrogens (primary N) is 2. The maximum atomic E-state index is 10.8. The zero-order valence-corrected chi connectivity index (χ0v) is 16.6. The first-order chi connectivity index (χ1) is 12.9.